The van der Waals surface area contributed by atoms with Crippen molar-refractivity contribution in [3.63, 3.8) is 0 Å². The number of aliphatic hydroxyl groups is 1. The maximum absolute atomic E-state index is 12.5. The van der Waals surface area contributed by atoms with E-state index in [9.17, 15) is 19.5 Å². The third kappa shape index (κ3) is 10.2. The fraction of sp³-hybridized carbons (Fsp3) is 0.719. The normalized spacial score (nSPS) is 34.0. The summed E-state index contributed by atoms with van der Waals surface area (Å²) in [5.41, 5.74) is 0.366. The van der Waals surface area contributed by atoms with Crippen LogP contribution >= 0.6 is 0 Å². The molecular formula is C32H49NO8. The van der Waals surface area contributed by atoms with E-state index in [4.69, 9.17) is 14.2 Å². The van der Waals surface area contributed by atoms with Gasteiger partial charge in [0, 0.05) is 25.7 Å². The number of hydrogen-bond donors (Lipinski definition) is 2. The van der Waals surface area contributed by atoms with E-state index in [0.29, 0.717) is 25.4 Å². The third-order valence-electron chi connectivity index (χ3n) is 8.21. The highest BCUT2D eigenvalue weighted by molar-refractivity contribution is 5.87. The number of methoxy groups -OCH3 is 1. The second kappa shape index (κ2) is 15.2. The molecule has 0 radical (unpaired) electrons. The zero-order valence-electron chi connectivity index (χ0n) is 25.5. The standard InChI is InChI=1S/C32H49NO8/c1-20(2)10-15-29(35)33-26-16-22(4)27(40-23(26)5)13-11-21(3)12-14-28-31(37)32(19-39-32)18-25(41-28)17-24(34)8-7-9-30(36)38-6/h10-12,14-15,20,22-23,25-28,31,37H,7-9,13,16-19H2,1-6H3,(H,33,35)/b14-12+,15-10-,21-11+/t22-,23-,25-,26-,27+,28-,31-,32-/m1/s1. The largest absolute Gasteiger partial charge is 0.469 e. The number of carbonyl (C=O) groups excluding carboxylic acids is 3. The fourth-order valence-corrected chi connectivity index (χ4v) is 5.53. The van der Waals surface area contributed by atoms with Crippen LogP contribution in [0.1, 0.15) is 79.6 Å². The number of epoxide rings is 1. The van der Waals surface area contributed by atoms with E-state index in [1.807, 2.05) is 45.9 Å². The Morgan fingerprint density at radius 3 is 2.54 bits per heavy atom. The average molecular weight is 576 g/mol. The third-order valence-corrected chi connectivity index (χ3v) is 8.21. The lowest BCUT2D eigenvalue weighted by Gasteiger charge is -2.39. The predicted octanol–water partition coefficient (Wildman–Crippen LogP) is 3.98. The number of hydrogen-bond acceptors (Lipinski definition) is 8. The summed E-state index contributed by atoms with van der Waals surface area (Å²) < 4.78 is 22.7. The van der Waals surface area contributed by atoms with Crippen LogP contribution in [0.2, 0.25) is 0 Å². The zero-order valence-corrected chi connectivity index (χ0v) is 25.5. The number of allylic oxidation sites excluding steroid dienone is 3. The van der Waals surface area contributed by atoms with Gasteiger partial charge in [0.25, 0.3) is 0 Å². The Kier molecular flexibility index (Phi) is 12.3. The van der Waals surface area contributed by atoms with Crippen molar-refractivity contribution in [3.05, 3.63) is 36.0 Å². The summed E-state index contributed by atoms with van der Waals surface area (Å²) >= 11 is 0. The van der Waals surface area contributed by atoms with E-state index >= 15 is 0 Å². The van der Waals surface area contributed by atoms with Crippen LogP contribution in [0.25, 0.3) is 0 Å². The monoisotopic (exact) mass is 575 g/mol. The fourth-order valence-electron chi connectivity index (χ4n) is 5.53. The molecule has 230 valence electrons. The van der Waals surface area contributed by atoms with Crippen LogP contribution in [-0.2, 0) is 33.3 Å². The minimum Gasteiger partial charge on any atom is -0.469 e. The first kappa shape index (κ1) is 33.2. The second-order valence-corrected chi connectivity index (χ2v) is 12.3. The van der Waals surface area contributed by atoms with Crippen LogP contribution < -0.4 is 5.32 Å². The highest BCUT2D eigenvalue weighted by Gasteiger charge is 2.58. The van der Waals surface area contributed by atoms with Gasteiger partial charge < -0.3 is 29.4 Å². The van der Waals surface area contributed by atoms with E-state index in [0.717, 1.165) is 18.4 Å². The highest BCUT2D eigenvalue weighted by Crippen LogP contribution is 2.43. The van der Waals surface area contributed by atoms with Crippen molar-refractivity contribution in [2.24, 2.45) is 11.8 Å². The number of aliphatic hydroxyl groups excluding tert-OH is 1. The van der Waals surface area contributed by atoms with Crippen molar-refractivity contribution < 1.29 is 38.4 Å². The quantitative estimate of drug-likeness (QED) is 0.146. The maximum Gasteiger partial charge on any atom is 0.305 e. The van der Waals surface area contributed by atoms with E-state index in [-0.39, 0.29) is 67.2 Å². The summed E-state index contributed by atoms with van der Waals surface area (Å²) in [7, 11) is 1.33. The van der Waals surface area contributed by atoms with E-state index < -0.39 is 17.8 Å². The molecule has 0 aromatic carbocycles. The lowest BCUT2D eigenvalue weighted by Crippen LogP contribution is -2.50. The first-order valence-electron chi connectivity index (χ1n) is 15.0. The number of ketones is 1. The Bertz CT molecular complexity index is 998. The number of amides is 1. The average Bonchev–Trinajstić information content (AvgIpc) is 3.69. The summed E-state index contributed by atoms with van der Waals surface area (Å²) in [4.78, 5) is 36.0. The number of ether oxygens (including phenoxy) is 4. The predicted molar refractivity (Wildman–Crippen MR) is 155 cm³/mol. The van der Waals surface area contributed by atoms with E-state index in [2.05, 4.69) is 23.1 Å². The Balaban J connectivity index is 1.50. The summed E-state index contributed by atoms with van der Waals surface area (Å²) in [5, 5.41) is 14.0. The van der Waals surface area contributed by atoms with Gasteiger partial charge in [-0.1, -0.05) is 50.6 Å². The summed E-state index contributed by atoms with van der Waals surface area (Å²) in [5.74, 6) is 0.219. The van der Waals surface area contributed by atoms with Crippen molar-refractivity contribution in [1.29, 1.82) is 0 Å². The molecule has 1 amide bonds. The number of rotatable bonds is 13. The minimum atomic E-state index is -0.803. The molecule has 3 rings (SSSR count). The molecule has 0 aromatic heterocycles. The molecule has 0 saturated carbocycles. The SMILES string of the molecule is COC(=O)CCCC(=O)C[C@@H]1C[C@@]2(CO2)[C@H](O)[C@@H](/C=C/C(C)=C/C[C@@H]2O[C@H](C)[C@H](NC(=O)/C=C\C(C)C)C[C@H]2C)O1. The maximum atomic E-state index is 12.5. The molecule has 9 heteroatoms. The van der Waals surface area contributed by atoms with Crippen LogP contribution in [0, 0.1) is 11.8 Å². The van der Waals surface area contributed by atoms with Gasteiger partial charge in [-0.3, -0.25) is 14.4 Å². The molecule has 0 aromatic rings. The number of Topliss-reactive ketones (excluding diaryl/α,β-unsaturated/α-hetero) is 1. The summed E-state index contributed by atoms with van der Waals surface area (Å²) in [6, 6.07) is -0.0230. The van der Waals surface area contributed by atoms with Crippen molar-refractivity contribution in [1.82, 2.24) is 5.32 Å². The Labute approximate surface area is 244 Å². The number of esters is 1. The van der Waals surface area contributed by atoms with Crippen LogP contribution in [0.4, 0.5) is 0 Å². The molecule has 3 aliphatic heterocycles. The molecule has 3 saturated heterocycles. The molecule has 0 aliphatic carbocycles. The summed E-state index contributed by atoms with van der Waals surface area (Å²) in [6.45, 7) is 10.7. The lowest BCUT2D eigenvalue weighted by atomic mass is 9.86. The highest BCUT2D eigenvalue weighted by atomic mass is 16.6. The van der Waals surface area contributed by atoms with Gasteiger partial charge in [0.2, 0.25) is 5.91 Å². The molecule has 41 heavy (non-hydrogen) atoms. The van der Waals surface area contributed by atoms with Crippen molar-refractivity contribution >= 4 is 17.7 Å². The van der Waals surface area contributed by atoms with Gasteiger partial charge in [-0.25, -0.2) is 0 Å². The van der Waals surface area contributed by atoms with Gasteiger partial charge in [0.05, 0.1) is 38.1 Å². The van der Waals surface area contributed by atoms with Crippen LogP contribution in [-0.4, -0.2) is 78.6 Å². The van der Waals surface area contributed by atoms with Gasteiger partial charge in [0.1, 0.15) is 23.6 Å². The molecule has 9 nitrogen and oxygen atoms in total. The molecule has 3 fully saturated rings. The van der Waals surface area contributed by atoms with Gasteiger partial charge in [-0.05, 0) is 51.0 Å². The second-order valence-electron chi connectivity index (χ2n) is 12.3. The molecule has 3 heterocycles. The van der Waals surface area contributed by atoms with E-state index in [1.54, 1.807) is 6.08 Å². The Morgan fingerprint density at radius 2 is 1.88 bits per heavy atom. The van der Waals surface area contributed by atoms with Crippen molar-refractivity contribution in [2.45, 2.75) is 122 Å². The minimum absolute atomic E-state index is 0.0227. The van der Waals surface area contributed by atoms with Gasteiger partial charge >= 0.3 is 5.97 Å². The molecule has 8 atom stereocenters. The Hall–Kier alpha value is -2.33. The van der Waals surface area contributed by atoms with Gasteiger partial charge in [-0.15, -0.1) is 0 Å². The smallest absolute Gasteiger partial charge is 0.305 e. The lowest BCUT2D eigenvalue weighted by molar-refractivity contribution is -0.144. The molecule has 0 unspecified atom stereocenters. The van der Waals surface area contributed by atoms with Crippen LogP contribution in [0.3, 0.4) is 0 Å². The van der Waals surface area contributed by atoms with Crippen LogP contribution in [0.5, 0.6) is 0 Å². The van der Waals surface area contributed by atoms with Gasteiger partial charge in [-0.2, -0.15) is 0 Å². The molecule has 0 bridgehead atoms. The molecular weight excluding hydrogens is 526 g/mol. The summed E-state index contributed by atoms with van der Waals surface area (Å²) in [6.07, 6.45) is 10.9. The molecule has 2 N–H and O–H groups in total. The van der Waals surface area contributed by atoms with Gasteiger partial charge in [0.15, 0.2) is 0 Å². The number of nitrogens with one attached hydrogen (secondary N) is 1. The zero-order chi connectivity index (χ0) is 30.2. The topological polar surface area (TPSA) is 124 Å². The molecule has 1 spiro atoms. The first-order valence-corrected chi connectivity index (χ1v) is 15.0. The van der Waals surface area contributed by atoms with Crippen molar-refractivity contribution in [2.75, 3.05) is 13.7 Å². The van der Waals surface area contributed by atoms with Crippen LogP contribution in [0.15, 0.2) is 36.0 Å². The number of carbonyl (C=O) groups is 3. The first-order chi connectivity index (χ1) is 19.4. The van der Waals surface area contributed by atoms with E-state index in [1.165, 1.54) is 7.11 Å². The Morgan fingerprint density at radius 1 is 1.15 bits per heavy atom. The van der Waals surface area contributed by atoms with Crippen molar-refractivity contribution in [3.8, 4) is 0 Å². The molecule has 3 aliphatic rings.